The standard InChI is InChI=1S/C10H16N8O/c1-18(2)10(19)13-4-3-12-7-6-8(15-5-14-6)17-9(11)16-7/h5H,3-4H2,1-2H3,(H,13,19)(H4,11,12,14,15,16,17). The Kier molecular flexibility index (Phi) is 3.64. The molecule has 2 aromatic rings. The van der Waals surface area contributed by atoms with Crippen molar-refractivity contribution < 1.29 is 4.79 Å². The third-order valence-electron chi connectivity index (χ3n) is 2.40. The lowest BCUT2D eigenvalue weighted by molar-refractivity contribution is 0.218. The number of imidazole rings is 1. The average Bonchev–Trinajstić information content (AvgIpc) is 2.81. The van der Waals surface area contributed by atoms with E-state index < -0.39 is 0 Å². The zero-order valence-electron chi connectivity index (χ0n) is 10.8. The van der Waals surface area contributed by atoms with Crippen LogP contribution >= 0.6 is 0 Å². The Hall–Kier alpha value is -2.58. The van der Waals surface area contributed by atoms with E-state index in [1.165, 1.54) is 11.2 Å². The normalized spacial score (nSPS) is 10.4. The van der Waals surface area contributed by atoms with Gasteiger partial charge in [-0.2, -0.15) is 9.97 Å². The lowest BCUT2D eigenvalue weighted by Gasteiger charge is -2.12. The lowest BCUT2D eigenvalue weighted by atomic mass is 10.4. The van der Waals surface area contributed by atoms with Gasteiger partial charge in [0, 0.05) is 27.2 Å². The third kappa shape index (κ3) is 3.00. The molecule has 0 saturated carbocycles. The summed E-state index contributed by atoms with van der Waals surface area (Å²) in [6.45, 7) is 0.987. The minimum Gasteiger partial charge on any atom is -0.368 e. The molecule has 9 nitrogen and oxygen atoms in total. The Balaban J connectivity index is 1.94. The van der Waals surface area contributed by atoms with E-state index in [0.717, 1.165) is 0 Å². The first kappa shape index (κ1) is 12.9. The minimum absolute atomic E-state index is 0.143. The number of H-pyrrole nitrogens is 1. The molecule has 0 bridgehead atoms. The molecule has 102 valence electrons. The van der Waals surface area contributed by atoms with E-state index in [1.807, 2.05) is 0 Å². The van der Waals surface area contributed by atoms with Crippen molar-refractivity contribution >= 4 is 29.0 Å². The second-order valence-corrected chi connectivity index (χ2v) is 4.08. The van der Waals surface area contributed by atoms with Gasteiger partial charge in [0.1, 0.15) is 5.52 Å². The second kappa shape index (κ2) is 5.38. The van der Waals surface area contributed by atoms with Crippen molar-refractivity contribution in [3.05, 3.63) is 6.33 Å². The maximum Gasteiger partial charge on any atom is 0.316 e. The van der Waals surface area contributed by atoms with E-state index in [-0.39, 0.29) is 12.0 Å². The van der Waals surface area contributed by atoms with Crippen molar-refractivity contribution in [2.75, 3.05) is 38.2 Å². The summed E-state index contributed by atoms with van der Waals surface area (Å²) in [5.41, 5.74) is 6.78. The molecule has 9 heteroatoms. The van der Waals surface area contributed by atoms with Crippen LogP contribution in [0.4, 0.5) is 16.6 Å². The van der Waals surface area contributed by atoms with E-state index >= 15 is 0 Å². The lowest BCUT2D eigenvalue weighted by Crippen LogP contribution is -2.37. The topological polar surface area (TPSA) is 125 Å². The molecule has 0 radical (unpaired) electrons. The Bertz CT molecular complexity index is 578. The van der Waals surface area contributed by atoms with Gasteiger partial charge in [-0.05, 0) is 0 Å². The van der Waals surface area contributed by atoms with Crippen molar-refractivity contribution in [1.29, 1.82) is 0 Å². The maximum absolute atomic E-state index is 11.3. The van der Waals surface area contributed by atoms with Crippen molar-refractivity contribution in [3.63, 3.8) is 0 Å². The zero-order chi connectivity index (χ0) is 13.8. The van der Waals surface area contributed by atoms with Crippen molar-refractivity contribution in [1.82, 2.24) is 30.2 Å². The number of aromatic nitrogens is 4. The van der Waals surface area contributed by atoms with Crippen LogP contribution in [0.25, 0.3) is 11.2 Å². The first-order valence-corrected chi connectivity index (χ1v) is 5.73. The molecule has 2 amide bonds. The molecular formula is C10H16N8O. The number of fused-ring (bicyclic) bond motifs is 1. The summed E-state index contributed by atoms with van der Waals surface area (Å²) in [4.78, 5) is 27.8. The fourth-order valence-corrected chi connectivity index (χ4v) is 1.49. The average molecular weight is 264 g/mol. The van der Waals surface area contributed by atoms with E-state index in [2.05, 4.69) is 30.6 Å². The van der Waals surface area contributed by atoms with Gasteiger partial charge in [0.25, 0.3) is 0 Å². The first-order valence-electron chi connectivity index (χ1n) is 5.73. The Labute approximate surface area is 109 Å². The van der Waals surface area contributed by atoms with Crippen LogP contribution in [0, 0.1) is 0 Å². The van der Waals surface area contributed by atoms with Gasteiger partial charge in [0.2, 0.25) is 5.95 Å². The summed E-state index contributed by atoms with van der Waals surface area (Å²) in [6.07, 6.45) is 1.53. The monoisotopic (exact) mass is 264 g/mol. The summed E-state index contributed by atoms with van der Waals surface area (Å²) in [7, 11) is 3.37. The summed E-state index contributed by atoms with van der Waals surface area (Å²) >= 11 is 0. The van der Waals surface area contributed by atoms with Crippen LogP contribution in [-0.2, 0) is 0 Å². The zero-order valence-corrected chi connectivity index (χ0v) is 10.8. The molecule has 0 spiro atoms. The number of carbonyl (C=O) groups excluding carboxylic acids is 1. The number of amides is 2. The van der Waals surface area contributed by atoms with Gasteiger partial charge < -0.3 is 26.3 Å². The predicted octanol–water partition coefficient (Wildman–Crippen LogP) is -0.382. The second-order valence-electron chi connectivity index (χ2n) is 4.08. The summed E-state index contributed by atoms with van der Waals surface area (Å²) in [6, 6.07) is -0.143. The number of nitrogens with one attached hydrogen (secondary N) is 3. The van der Waals surface area contributed by atoms with Crippen LogP contribution in [0.1, 0.15) is 0 Å². The number of nitrogens with zero attached hydrogens (tertiary/aromatic N) is 4. The Morgan fingerprint density at radius 2 is 2.21 bits per heavy atom. The van der Waals surface area contributed by atoms with E-state index in [0.29, 0.717) is 30.1 Å². The van der Waals surface area contributed by atoms with Crippen molar-refractivity contribution in [2.45, 2.75) is 0 Å². The highest BCUT2D eigenvalue weighted by molar-refractivity contribution is 5.83. The quantitative estimate of drug-likeness (QED) is 0.558. The van der Waals surface area contributed by atoms with E-state index in [9.17, 15) is 4.79 Å². The molecule has 5 N–H and O–H groups in total. The molecule has 0 atom stereocenters. The highest BCUT2D eigenvalue weighted by Gasteiger charge is 2.08. The van der Waals surface area contributed by atoms with Crippen LogP contribution in [0.3, 0.4) is 0 Å². The molecule has 2 rings (SSSR count). The first-order chi connectivity index (χ1) is 9.08. The smallest absolute Gasteiger partial charge is 0.316 e. The number of urea groups is 1. The Morgan fingerprint density at radius 1 is 1.42 bits per heavy atom. The van der Waals surface area contributed by atoms with Crippen molar-refractivity contribution in [2.24, 2.45) is 0 Å². The van der Waals surface area contributed by atoms with Crippen LogP contribution in [0.2, 0.25) is 0 Å². The van der Waals surface area contributed by atoms with Gasteiger partial charge >= 0.3 is 6.03 Å². The minimum atomic E-state index is -0.143. The largest absolute Gasteiger partial charge is 0.368 e. The van der Waals surface area contributed by atoms with Crippen LogP contribution < -0.4 is 16.4 Å². The summed E-state index contributed by atoms with van der Waals surface area (Å²) in [5, 5.41) is 5.81. The fourth-order valence-electron chi connectivity index (χ4n) is 1.49. The number of nitrogen functional groups attached to an aromatic ring is 1. The van der Waals surface area contributed by atoms with Gasteiger partial charge in [0.15, 0.2) is 11.5 Å². The van der Waals surface area contributed by atoms with E-state index in [1.54, 1.807) is 14.1 Å². The Morgan fingerprint density at radius 3 is 2.95 bits per heavy atom. The summed E-state index contributed by atoms with van der Waals surface area (Å²) in [5.74, 6) is 0.721. The highest BCUT2D eigenvalue weighted by atomic mass is 16.2. The molecule has 2 heterocycles. The number of carbonyl (C=O) groups is 1. The summed E-state index contributed by atoms with van der Waals surface area (Å²) < 4.78 is 0. The number of rotatable bonds is 4. The third-order valence-corrected chi connectivity index (χ3v) is 2.40. The van der Waals surface area contributed by atoms with Gasteiger partial charge in [0.05, 0.1) is 6.33 Å². The number of aromatic amines is 1. The number of nitrogens with two attached hydrogens (primary N) is 1. The molecule has 0 aliphatic rings. The SMILES string of the molecule is CN(C)C(=O)NCCNc1nc(N)nc2nc[nH]c12. The van der Waals surface area contributed by atoms with Gasteiger partial charge in [-0.25, -0.2) is 9.78 Å². The highest BCUT2D eigenvalue weighted by Crippen LogP contribution is 2.16. The van der Waals surface area contributed by atoms with E-state index in [4.69, 9.17) is 5.73 Å². The van der Waals surface area contributed by atoms with Gasteiger partial charge in [-0.3, -0.25) is 0 Å². The molecule has 0 aliphatic carbocycles. The molecule has 0 unspecified atom stereocenters. The number of hydrogen-bond donors (Lipinski definition) is 4. The molecule has 2 aromatic heterocycles. The number of hydrogen-bond acceptors (Lipinski definition) is 6. The maximum atomic E-state index is 11.3. The van der Waals surface area contributed by atoms with Gasteiger partial charge in [-0.15, -0.1) is 0 Å². The van der Waals surface area contributed by atoms with Gasteiger partial charge in [-0.1, -0.05) is 0 Å². The predicted molar refractivity (Wildman–Crippen MR) is 71.7 cm³/mol. The molecule has 0 aromatic carbocycles. The van der Waals surface area contributed by atoms with Crippen LogP contribution in [0.5, 0.6) is 0 Å². The fraction of sp³-hybridized carbons (Fsp3) is 0.400. The molecule has 0 aliphatic heterocycles. The molecule has 0 fully saturated rings. The van der Waals surface area contributed by atoms with Crippen LogP contribution in [-0.4, -0.2) is 58.1 Å². The number of anilines is 2. The molecule has 19 heavy (non-hydrogen) atoms. The molecular weight excluding hydrogens is 248 g/mol. The molecule has 0 saturated heterocycles. The van der Waals surface area contributed by atoms with Crippen molar-refractivity contribution in [3.8, 4) is 0 Å². The van der Waals surface area contributed by atoms with Crippen LogP contribution in [0.15, 0.2) is 6.33 Å².